The SMILES string of the molecule is CCCCCCc1c(CCCCC(=O)O)c(-c2ccccc2)c2n1CCC2. The van der Waals surface area contributed by atoms with Crippen molar-refractivity contribution in [2.45, 2.75) is 84.1 Å². The lowest BCUT2D eigenvalue weighted by molar-refractivity contribution is -0.137. The Hall–Kier alpha value is -2.03. The molecule has 0 fully saturated rings. The van der Waals surface area contributed by atoms with E-state index in [1.165, 1.54) is 66.6 Å². The Morgan fingerprint density at radius 2 is 1.81 bits per heavy atom. The van der Waals surface area contributed by atoms with E-state index in [0.29, 0.717) is 0 Å². The largest absolute Gasteiger partial charge is 0.481 e. The van der Waals surface area contributed by atoms with Crippen LogP contribution < -0.4 is 0 Å². The third-order valence-corrected chi connectivity index (χ3v) is 5.78. The summed E-state index contributed by atoms with van der Waals surface area (Å²) < 4.78 is 2.60. The van der Waals surface area contributed by atoms with Crippen molar-refractivity contribution in [2.75, 3.05) is 0 Å². The minimum Gasteiger partial charge on any atom is -0.481 e. The van der Waals surface area contributed by atoms with Crippen molar-refractivity contribution in [1.82, 2.24) is 4.57 Å². The molecule has 1 N–H and O–H groups in total. The van der Waals surface area contributed by atoms with Crippen LogP contribution >= 0.6 is 0 Å². The van der Waals surface area contributed by atoms with Gasteiger partial charge in [-0.3, -0.25) is 4.79 Å². The van der Waals surface area contributed by atoms with Gasteiger partial charge >= 0.3 is 5.97 Å². The molecule has 0 saturated heterocycles. The van der Waals surface area contributed by atoms with Gasteiger partial charge in [-0.2, -0.15) is 0 Å². The van der Waals surface area contributed by atoms with E-state index >= 15 is 0 Å². The highest BCUT2D eigenvalue weighted by atomic mass is 16.4. The average molecular weight is 368 g/mol. The molecule has 146 valence electrons. The highest BCUT2D eigenvalue weighted by molar-refractivity contribution is 5.73. The van der Waals surface area contributed by atoms with Gasteiger partial charge in [0.15, 0.2) is 0 Å². The molecule has 0 bridgehead atoms. The smallest absolute Gasteiger partial charge is 0.303 e. The molecule has 1 aliphatic heterocycles. The molecule has 3 heteroatoms. The van der Waals surface area contributed by atoms with Gasteiger partial charge in [0.25, 0.3) is 0 Å². The average Bonchev–Trinajstić information content (AvgIpc) is 3.24. The molecule has 0 spiro atoms. The number of rotatable bonds is 11. The Labute approximate surface area is 163 Å². The lowest BCUT2D eigenvalue weighted by Gasteiger charge is -2.11. The van der Waals surface area contributed by atoms with Crippen molar-refractivity contribution in [3.8, 4) is 11.1 Å². The molecule has 1 aromatic heterocycles. The molecule has 27 heavy (non-hydrogen) atoms. The first kappa shape index (κ1) is 19.7. The fraction of sp³-hybridized carbons (Fsp3) is 0.542. The zero-order chi connectivity index (χ0) is 19.1. The number of hydrogen-bond donors (Lipinski definition) is 1. The molecule has 0 aliphatic carbocycles. The highest BCUT2D eigenvalue weighted by Gasteiger charge is 2.25. The molecule has 1 aliphatic rings. The summed E-state index contributed by atoms with van der Waals surface area (Å²) in [7, 11) is 0. The molecule has 0 radical (unpaired) electrons. The van der Waals surface area contributed by atoms with Crippen molar-refractivity contribution >= 4 is 5.97 Å². The molecule has 1 aromatic carbocycles. The Bertz CT molecular complexity index is 745. The zero-order valence-corrected chi connectivity index (χ0v) is 16.7. The summed E-state index contributed by atoms with van der Waals surface area (Å²) in [6.07, 6.45) is 11.7. The standard InChI is InChI=1S/C24H33NO2/c1-2-3-4-8-15-21-20(14-9-10-17-23(26)27)24(19-12-6-5-7-13-19)22-16-11-18-25(21)22/h5-7,12-13H,2-4,8-11,14-18H2,1H3,(H,26,27). The van der Waals surface area contributed by atoms with Crippen LogP contribution in [0.4, 0.5) is 0 Å². The van der Waals surface area contributed by atoms with Crippen LogP contribution in [0.3, 0.4) is 0 Å². The van der Waals surface area contributed by atoms with Crippen molar-refractivity contribution in [3.05, 3.63) is 47.3 Å². The van der Waals surface area contributed by atoms with E-state index in [4.69, 9.17) is 5.11 Å². The summed E-state index contributed by atoms with van der Waals surface area (Å²) in [5.41, 5.74) is 7.33. The lowest BCUT2D eigenvalue weighted by atomic mass is 9.93. The van der Waals surface area contributed by atoms with E-state index < -0.39 is 5.97 Å². The number of benzene rings is 1. The third-order valence-electron chi connectivity index (χ3n) is 5.78. The molecule has 2 aromatic rings. The topological polar surface area (TPSA) is 42.2 Å². The lowest BCUT2D eigenvalue weighted by Crippen LogP contribution is -2.03. The van der Waals surface area contributed by atoms with E-state index in [2.05, 4.69) is 41.8 Å². The molecule has 0 unspecified atom stereocenters. The summed E-state index contributed by atoms with van der Waals surface area (Å²) in [6.45, 7) is 3.41. The molecule has 0 saturated carbocycles. The summed E-state index contributed by atoms with van der Waals surface area (Å²) in [6, 6.07) is 10.8. The third kappa shape index (κ3) is 4.82. The van der Waals surface area contributed by atoms with Crippen LogP contribution in [-0.4, -0.2) is 15.6 Å². The number of carboxylic acids is 1. The Morgan fingerprint density at radius 3 is 2.56 bits per heavy atom. The van der Waals surface area contributed by atoms with Gasteiger partial charge in [-0.25, -0.2) is 0 Å². The maximum absolute atomic E-state index is 10.9. The highest BCUT2D eigenvalue weighted by Crippen LogP contribution is 2.38. The molecule has 3 rings (SSSR count). The number of hydrogen-bond acceptors (Lipinski definition) is 1. The number of aliphatic carboxylic acids is 1. The fourth-order valence-corrected chi connectivity index (χ4v) is 4.51. The van der Waals surface area contributed by atoms with Gasteiger partial charge in [-0.1, -0.05) is 56.5 Å². The first-order chi connectivity index (χ1) is 13.2. The number of aromatic nitrogens is 1. The van der Waals surface area contributed by atoms with Gasteiger partial charge in [-0.15, -0.1) is 0 Å². The Balaban J connectivity index is 1.89. The Kier molecular flexibility index (Phi) is 7.14. The van der Waals surface area contributed by atoms with Gasteiger partial charge in [0, 0.05) is 29.9 Å². The molecule has 0 amide bonds. The second-order valence-electron chi connectivity index (χ2n) is 7.78. The van der Waals surface area contributed by atoms with E-state index in [-0.39, 0.29) is 6.42 Å². The second-order valence-corrected chi connectivity index (χ2v) is 7.78. The molecule has 2 heterocycles. The predicted molar refractivity (Wildman–Crippen MR) is 111 cm³/mol. The van der Waals surface area contributed by atoms with Crippen LogP contribution in [0.1, 0.15) is 75.2 Å². The fourth-order valence-electron chi connectivity index (χ4n) is 4.51. The zero-order valence-electron chi connectivity index (χ0n) is 16.7. The maximum atomic E-state index is 10.9. The van der Waals surface area contributed by atoms with E-state index in [9.17, 15) is 4.79 Å². The number of carbonyl (C=O) groups is 1. The minimum absolute atomic E-state index is 0.278. The van der Waals surface area contributed by atoms with Gasteiger partial charge in [0.2, 0.25) is 0 Å². The van der Waals surface area contributed by atoms with Gasteiger partial charge in [0.1, 0.15) is 0 Å². The molecular weight excluding hydrogens is 334 g/mol. The van der Waals surface area contributed by atoms with E-state index in [1.807, 2.05) is 0 Å². The monoisotopic (exact) mass is 367 g/mol. The van der Waals surface area contributed by atoms with Gasteiger partial charge < -0.3 is 9.67 Å². The predicted octanol–water partition coefficient (Wildman–Crippen LogP) is 6.02. The minimum atomic E-state index is -0.683. The molecular formula is C24H33NO2. The van der Waals surface area contributed by atoms with Crippen LogP contribution in [0.15, 0.2) is 30.3 Å². The van der Waals surface area contributed by atoms with Crippen LogP contribution in [-0.2, 0) is 30.6 Å². The second kappa shape index (κ2) is 9.77. The first-order valence-corrected chi connectivity index (χ1v) is 10.7. The number of nitrogens with zero attached hydrogens (tertiary/aromatic N) is 1. The summed E-state index contributed by atoms with van der Waals surface area (Å²) in [4.78, 5) is 10.9. The number of carboxylic acid groups (broad SMARTS) is 1. The summed E-state index contributed by atoms with van der Waals surface area (Å²) >= 11 is 0. The van der Waals surface area contributed by atoms with Crippen molar-refractivity contribution in [2.24, 2.45) is 0 Å². The maximum Gasteiger partial charge on any atom is 0.303 e. The molecule has 3 nitrogen and oxygen atoms in total. The molecule has 0 atom stereocenters. The van der Waals surface area contributed by atoms with Crippen LogP contribution in [0, 0.1) is 0 Å². The van der Waals surface area contributed by atoms with Crippen LogP contribution in [0.2, 0.25) is 0 Å². The normalized spacial score (nSPS) is 13.1. The first-order valence-electron chi connectivity index (χ1n) is 10.7. The van der Waals surface area contributed by atoms with Crippen molar-refractivity contribution in [3.63, 3.8) is 0 Å². The van der Waals surface area contributed by atoms with Crippen LogP contribution in [0.25, 0.3) is 11.1 Å². The quantitative estimate of drug-likeness (QED) is 0.493. The Morgan fingerprint density at radius 1 is 1.04 bits per heavy atom. The van der Waals surface area contributed by atoms with E-state index in [0.717, 1.165) is 32.2 Å². The van der Waals surface area contributed by atoms with Crippen molar-refractivity contribution < 1.29 is 9.90 Å². The number of fused-ring (bicyclic) bond motifs is 1. The van der Waals surface area contributed by atoms with Crippen LogP contribution in [0.5, 0.6) is 0 Å². The summed E-state index contributed by atoms with van der Waals surface area (Å²) in [5.74, 6) is -0.683. The number of unbranched alkanes of at least 4 members (excludes halogenated alkanes) is 4. The summed E-state index contributed by atoms with van der Waals surface area (Å²) in [5, 5.41) is 8.96. The van der Waals surface area contributed by atoms with Gasteiger partial charge in [0.05, 0.1) is 0 Å². The van der Waals surface area contributed by atoms with Crippen molar-refractivity contribution in [1.29, 1.82) is 0 Å². The van der Waals surface area contributed by atoms with Gasteiger partial charge in [-0.05, 0) is 56.1 Å². The van der Waals surface area contributed by atoms with E-state index in [1.54, 1.807) is 0 Å².